The van der Waals surface area contributed by atoms with E-state index in [1.165, 1.54) is 4.90 Å². The number of likely N-dealkylation sites (N-methyl/N-ethyl adjacent to an activating group) is 1. The van der Waals surface area contributed by atoms with Gasteiger partial charge in [-0.1, -0.05) is 18.2 Å². The lowest BCUT2D eigenvalue weighted by molar-refractivity contribution is -0.124. The molecule has 1 aliphatic rings. The zero-order chi connectivity index (χ0) is 16.4. The van der Waals surface area contributed by atoms with Crippen molar-refractivity contribution in [1.29, 1.82) is 0 Å². The van der Waals surface area contributed by atoms with Crippen LogP contribution in [0.1, 0.15) is 29.0 Å². The van der Waals surface area contributed by atoms with E-state index in [4.69, 9.17) is 0 Å². The number of hydrogen-bond donors (Lipinski definition) is 1. The lowest BCUT2D eigenvalue weighted by atomic mass is 10.0. The van der Waals surface area contributed by atoms with Crippen molar-refractivity contribution in [2.24, 2.45) is 0 Å². The van der Waals surface area contributed by atoms with E-state index < -0.39 is 6.04 Å². The molecule has 2 amide bonds. The van der Waals surface area contributed by atoms with E-state index in [-0.39, 0.29) is 11.8 Å². The Labute approximate surface area is 135 Å². The molecule has 1 aromatic heterocycles. The van der Waals surface area contributed by atoms with E-state index in [2.05, 4.69) is 10.2 Å². The van der Waals surface area contributed by atoms with Crippen LogP contribution in [0.3, 0.4) is 0 Å². The van der Waals surface area contributed by atoms with Crippen molar-refractivity contribution < 1.29 is 9.59 Å². The molecule has 1 N–H and O–H groups in total. The van der Waals surface area contributed by atoms with Crippen LogP contribution in [0.5, 0.6) is 0 Å². The lowest BCUT2D eigenvalue weighted by Crippen LogP contribution is -2.53. The first kappa shape index (κ1) is 15.3. The highest BCUT2D eigenvalue weighted by atomic mass is 16.2. The van der Waals surface area contributed by atoms with Gasteiger partial charge in [-0.2, -0.15) is 5.10 Å². The molecule has 120 valence electrons. The van der Waals surface area contributed by atoms with Gasteiger partial charge in [0.15, 0.2) is 0 Å². The molecule has 23 heavy (non-hydrogen) atoms. The lowest BCUT2D eigenvalue weighted by Gasteiger charge is -2.36. The number of aryl methyl sites for hydroxylation is 1. The Balaban J connectivity index is 1.79. The van der Waals surface area contributed by atoms with Crippen LogP contribution in [0.15, 0.2) is 36.4 Å². The Morgan fingerprint density at radius 1 is 1.35 bits per heavy atom. The normalized spacial score (nSPS) is 18.1. The maximum atomic E-state index is 12.8. The van der Waals surface area contributed by atoms with Gasteiger partial charge >= 0.3 is 0 Å². The molecule has 0 saturated carbocycles. The van der Waals surface area contributed by atoms with Gasteiger partial charge in [0.2, 0.25) is 5.91 Å². The van der Waals surface area contributed by atoms with Crippen LogP contribution >= 0.6 is 0 Å². The summed E-state index contributed by atoms with van der Waals surface area (Å²) < 4.78 is 0. The van der Waals surface area contributed by atoms with Crippen molar-refractivity contribution in [2.45, 2.75) is 25.8 Å². The Morgan fingerprint density at radius 3 is 2.74 bits per heavy atom. The maximum absolute atomic E-state index is 12.8. The number of carbonyl (C=O) groups is 2. The van der Waals surface area contributed by atoms with Crippen LogP contribution in [0.2, 0.25) is 0 Å². The summed E-state index contributed by atoms with van der Waals surface area (Å²) in [4.78, 5) is 28.6. The second-order valence-electron chi connectivity index (χ2n) is 5.84. The van der Waals surface area contributed by atoms with Crippen molar-refractivity contribution >= 4 is 17.5 Å². The number of piperidine rings is 1. The highest BCUT2D eigenvalue weighted by Crippen LogP contribution is 2.23. The first-order valence-corrected chi connectivity index (χ1v) is 7.73. The second kappa shape index (κ2) is 6.24. The SMILES string of the molecule is Cc1cc(C(=O)N(C)C2CCCN(c3ccccc3)C2=O)n[nH]1. The third-order valence-corrected chi connectivity index (χ3v) is 4.19. The van der Waals surface area contributed by atoms with E-state index in [0.717, 1.165) is 17.8 Å². The highest BCUT2D eigenvalue weighted by molar-refractivity contribution is 6.02. The molecule has 3 rings (SSSR count). The van der Waals surface area contributed by atoms with E-state index in [0.29, 0.717) is 18.7 Å². The first-order chi connectivity index (χ1) is 11.1. The fourth-order valence-corrected chi connectivity index (χ4v) is 2.93. The molecule has 2 aromatic rings. The van der Waals surface area contributed by atoms with Gasteiger partial charge in [0.1, 0.15) is 11.7 Å². The number of H-pyrrole nitrogens is 1. The number of aromatic nitrogens is 2. The van der Waals surface area contributed by atoms with Gasteiger partial charge in [0, 0.05) is 25.0 Å². The quantitative estimate of drug-likeness (QED) is 0.942. The minimum Gasteiger partial charge on any atom is -0.328 e. The number of aromatic amines is 1. The van der Waals surface area contributed by atoms with Crippen LogP contribution in [-0.4, -0.2) is 46.5 Å². The first-order valence-electron chi connectivity index (χ1n) is 7.73. The zero-order valence-corrected chi connectivity index (χ0v) is 13.3. The standard InChI is InChI=1S/C17H20N4O2/c1-12-11-14(19-18-12)16(22)20(2)15-9-6-10-21(17(15)23)13-7-4-3-5-8-13/h3-5,7-8,11,15H,6,9-10H2,1-2H3,(H,18,19). The third kappa shape index (κ3) is 2.97. The Morgan fingerprint density at radius 2 is 2.09 bits per heavy atom. The summed E-state index contributed by atoms with van der Waals surface area (Å²) >= 11 is 0. The third-order valence-electron chi connectivity index (χ3n) is 4.19. The minimum atomic E-state index is -0.450. The van der Waals surface area contributed by atoms with Gasteiger partial charge < -0.3 is 9.80 Å². The topological polar surface area (TPSA) is 69.3 Å². The van der Waals surface area contributed by atoms with Crippen LogP contribution < -0.4 is 4.90 Å². The summed E-state index contributed by atoms with van der Waals surface area (Å²) in [5, 5.41) is 6.75. The van der Waals surface area contributed by atoms with Crippen LogP contribution in [-0.2, 0) is 4.79 Å². The van der Waals surface area contributed by atoms with Gasteiger partial charge in [-0.05, 0) is 38.0 Å². The number of para-hydroxylation sites is 1. The molecule has 1 aliphatic heterocycles. The molecule has 6 nitrogen and oxygen atoms in total. The van der Waals surface area contributed by atoms with E-state index in [1.807, 2.05) is 37.3 Å². The number of anilines is 1. The number of rotatable bonds is 3. The summed E-state index contributed by atoms with van der Waals surface area (Å²) in [5.74, 6) is -0.270. The van der Waals surface area contributed by atoms with Crippen LogP contribution in [0.4, 0.5) is 5.69 Å². The zero-order valence-electron chi connectivity index (χ0n) is 13.3. The average molecular weight is 312 g/mol. The summed E-state index contributed by atoms with van der Waals surface area (Å²) in [6.45, 7) is 2.52. The van der Waals surface area contributed by atoms with E-state index in [1.54, 1.807) is 18.0 Å². The van der Waals surface area contributed by atoms with Crippen molar-refractivity contribution in [1.82, 2.24) is 15.1 Å². The molecule has 1 fully saturated rings. The average Bonchev–Trinajstić information content (AvgIpc) is 3.01. The number of nitrogens with one attached hydrogen (secondary N) is 1. The molecule has 0 spiro atoms. The molecule has 1 saturated heterocycles. The Kier molecular flexibility index (Phi) is 4.14. The van der Waals surface area contributed by atoms with Gasteiger partial charge in [0.05, 0.1) is 0 Å². The van der Waals surface area contributed by atoms with Crippen molar-refractivity contribution in [3.8, 4) is 0 Å². The van der Waals surface area contributed by atoms with Crippen LogP contribution in [0.25, 0.3) is 0 Å². The number of carbonyl (C=O) groups excluding carboxylic acids is 2. The monoisotopic (exact) mass is 312 g/mol. The van der Waals surface area contributed by atoms with Crippen molar-refractivity contribution in [3.63, 3.8) is 0 Å². The molecule has 1 unspecified atom stereocenters. The van der Waals surface area contributed by atoms with Crippen LogP contribution in [0, 0.1) is 6.92 Å². The predicted molar refractivity (Wildman–Crippen MR) is 87.2 cm³/mol. The smallest absolute Gasteiger partial charge is 0.274 e. The molecule has 0 aliphatic carbocycles. The summed E-state index contributed by atoms with van der Waals surface area (Å²) in [6.07, 6.45) is 1.54. The Bertz CT molecular complexity index is 710. The molecule has 1 aromatic carbocycles. The molecule has 1 atom stereocenters. The molecule has 2 heterocycles. The molecule has 0 bridgehead atoms. The number of amides is 2. The van der Waals surface area contributed by atoms with E-state index >= 15 is 0 Å². The van der Waals surface area contributed by atoms with Crippen molar-refractivity contribution in [3.05, 3.63) is 47.8 Å². The molecular weight excluding hydrogens is 292 g/mol. The maximum Gasteiger partial charge on any atom is 0.274 e. The van der Waals surface area contributed by atoms with Gasteiger partial charge in [-0.3, -0.25) is 14.7 Å². The summed E-state index contributed by atoms with van der Waals surface area (Å²) in [5.41, 5.74) is 2.04. The van der Waals surface area contributed by atoms with Crippen molar-refractivity contribution in [2.75, 3.05) is 18.5 Å². The summed E-state index contributed by atoms with van der Waals surface area (Å²) in [7, 11) is 1.67. The molecular formula is C17H20N4O2. The van der Waals surface area contributed by atoms with Gasteiger partial charge in [0.25, 0.3) is 5.91 Å². The summed E-state index contributed by atoms with van der Waals surface area (Å²) in [6, 6.07) is 10.8. The number of hydrogen-bond acceptors (Lipinski definition) is 3. The Hall–Kier alpha value is -2.63. The fraction of sp³-hybridized carbons (Fsp3) is 0.353. The highest BCUT2D eigenvalue weighted by Gasteiger charge is 2.35. The fourth-order valence-electron chi connectivity index (χ4n) is 2.93. The number of benzene rings is 1. The largest absolute Gasteiger partial charge is 0.328 e. The van der Waals surface area contributed by atoms with E-state index in [9.17, 15) is 9.59 Å². The predicted octanol–water partition coefficient (Wildman–Crippen LogP) is 1.99. The molecule has 6 heteroatoms. The number of nitrogens with zero attached hydrogens (tertiary/aromatic N) is 3. The minimum absolute atomic E-state index is 0.0365. The van der Waals surface area contributed by atoms with Gasteiger partial charge in [-0.25, -0.2) is 0 Å². The second-order valence-corrected chi connectivity index (χ2v) is 5.84. The van der Waals surface area contributed by atoms with Gasteiger partial charge in [-0.15, -0.1) is 0 Å². The molecule has 0 radical (unpaired) electrons.